The van der Waals surface area contributed by atoms with Crippen molar-refractivity contribution >= 4 is 10.0 Å². The van der Waals surface area contributed by atoms with E-state index in [1.807, 2.05) is 49.4 Å². The average molecular weight is 334 g/mol. The minimum absolute atomic E-state index is 0.130. The van der Waals surface area contributed by atoms with Crippen molar-refractivity contribution in [2.45, 2.75) is 19.3 Å². The van der Waals surface area contributed by atoms with Gasteiger partial charge in [-0.25, -0.2) is 13.1 Å². The molecule has 5 nitrogen and oxygen atoms in total. The number of methoxy groups -OCH3 is 1. The van der Waals surface area contributed by atoms with Gasteiger partial charge >= 0.3 is 0 Å². The van der Waals surface area contributed by atoms with Crippen molar-refractivity contribution in [3.05, 3.63) is 59.9 Å². The Morgan fingerprint density at radius 1 is 1.17 bits per heavy atom. The molecule has 2 aromatic rings. The standard InChI is InChI=1S/C17H22N2O3S/c1-3-12-23(20,21)19-13-16(17-6-4-5-11-18-17)14-7-9-15(22-2)10-8-14/h4-11,16,19H,3,12-13H2,1-2H3. The molecular formula is C17H22N2O3S. The topological polar surface area (TPSA) is 68.3 Å². The second-order valence-electron chi connectivity index (χ2n) is 5.25. The quantitative estimate of drug-likeness (QED) is 0.805. The van der Waals surface area contributed by atoms with Crippen LogP contribution in [0.1, 0.15) is 30.5 Å². The van der Waals surface area contributed by atoms with Crippen LogP contribution in [0.3, 0.4) is 0 Å². The summed E-state index contributed by atoms with van der Waals surface area (Å²) in [6.07, 6.45) is 2.30. The zero-order valence-electron chi connectivity index (χ0n) is 13.4. The van der Waals surface area contributed by atoms with Gasteiger partial charge in [0, 0.05) is 24.4 Å². The first-order chi connectivity index (χ1) is 11.1. The van der Waals surface area contributed by atoms with E-state index in [1.165, 1.54) is 0 Å². The van der Waals surface area contributed by atoms with Gasteiger partial charge in [-0.3, -0.25) is 4.98 Å². The smallest absolute Gasteiger partial charge is 0.211 e. The molecule has 1 heterocycles. The molecule has 1 unspecified atom stereocenters. The van der Waals surface area contributed by atoms with Crippen molar-refractivity contribution in [3.8, 4) is 5.75 Å². The Labute approximate surface area is 137 Å². The molecule has 0 aliphatic heterocycles. The lowest BCUT2D eigenvalue weighted by Gasteiger charge is -2.18. The summed E-state index contributed by atoms with van der Waals surface area (Å²) in [5.41, 5.74) is 1.82. The summed E-state index contributed by atoms with van der Waals surface area (Å²) < 4.78 is 31.8. The highest BCUT2D eigenvalue weighted by molar-refractivity contribution is 7.89. The van der Waals surface area contributed by atoms with Crippen LogP contribution in [0.2, 0.25) is 0 Å². The third-order valence-electron chi connectivity index (χ3n) is 3.54. The minimum atomic E-state index is -3.26. The first-order valence-corrected chi connectivity index (χ1v) is 9.23. The summed E-state index contributed by atoms with van der Waals surface area (Å²) in [5, 5.41) is 0. The van der Waals surface area contributed by atoms with Crippen molar-refractivity contribution in [2.75, 3.05) is 19.4 Å². The molecule has 6 heteroatoms. The van der Waals surface area contributed by atoms with Gasteiger partial charge < -0.3 is 4.74 Å². The molecule has 0 radical (unpaired) electrons. The summed E-state index contributed by atoms with van der Waals surface area (Å²) >= 11 is 0. The van der Waals surface area contributed by atoms with Gasteiger partial charge in [0.15, 0.2) is 0 Å². The van der Waals surface area contributed by atoms with Crippen molar-refractivity contribution < 1.29 is 13.2 Å². The van der Waals surface area contributed by atoms with Crippen LogP contribution in [0.5, 0.6) is 5.75 Å². The number of nitrogens with one attached hydrogen (secondary N) is 1. The van der Waals surface area contributed by atoms with E-state index in [0.29, 0.717) is 6.42 Å². The maximum absolute atomic E-state index is 11.9. The fourth-order valence-corrected chi connectivity index (χ4v) is 3.47. The van der Waals surface area contributed by atoms with Gasteiger partial charge in [0.1, 0.15) is 5.75 Å². The maximum atomic E-state index is 11.9. The fourth-order valence-electron chi connectivity index (χ4n) is 2.36. The molecule has 1 atom stereocenters. The Balaban J connectivity index is 2.25. The van der Waals surface area contributed by atoms with Crippen molar-refractivity contribution in [3.63, 3.8) is 0 Å². The van der Waals surface area contributed by atoms with Gasteiger partial charge in [0.2, 0.25) is 10.0 Å². The molecular weight excluding hydrogens is 312 g/mol. The molecule has 2 rings (SSSR count). The van der Waals surface area contributed by atoms with E-state index in [4.69, 9.17) is 4.74 Å². The summed E-state index contributed by atoms with van der Waals surface area (Å²) in [5.74, 6) is 0.749. The summed E-state index contributed by atoms with van der Waals surface area (Å²) in [7, 11) is -1.64. The fraction of sp³-hybridized carbons (Fsp3) is 0.353. The molecule has 0 bridgehead atoms. The van der Waals surface area contributed by atoms with Crippen LogP contribution in [0, 0.1) is 0 Å². The van der Waals surface area contributed by atoms with Gasteiger partial charge in [-0.1, -0.05) is 25.1 Å². The van der Waals surface area contributed by atoms with Crippen LogP contribution in [-0.4, -0.2) is 32.8 Å². The molecule has 1 aromatic carbocycles. The van der Waals surface area contributed by atoms with E-state index < -0.39 is 10.0 Å². The number of ether oxygens (including phenoxy) is 1. The van der Waals surface area contributed by atoms with Crippen LogP contribution in [0.25, 0.3) is 0 Å². The summed E-state index contributed by atoms with van der Waals surface area (Å²) in [6.45, 7) is 2.13. The number of rotatable bonds is 8. The normalized spacial score (nSPS) is 12.8. The number of nitrogens with zero attached hydrogens (tertiary/aromatic N) is 1. The van der Waals surface area contributed by atoms with Gasteiger partial charge in [-0.15, -0.1) is 0 Å². The lowest BCUT2D eigenvalue weighted by Crippen LogP contribution is -2.31. The monoisotopic (exact) mass is 334 g/mol. The van der Waals surface area contributed by atoms with Crippen molar-refractivity contribution in [1.82, 2.24) is 9.71 Å². The largest absolute Gasteiger partial charge is 0.497 e. The van der Waals surface area contributed by atoms with Crippen LogP contribution in [0.15, 0.2) is 48.7 Å². The molecule has 0 saturated heterocycles. The van der Waals surface area contributed by atoms with Crippen molar-refractivity contribution in [2.24, 2.45) is 0 Å². The molecule has 0 aliphatic rings. The second kappa shape index (κ2) is 8.08. The molecule has 0 amide bonds. The molecule has 23 heavy (non-hydrogen) atoms. The SMILES string of the molecule is CCCS(=O)(=O)NCC(c1ccc(OC)cc1)c1ccccn1. The highest BCUT2D eigenvalue weighted by Crippen LogP contribution is 2.24. The number of hydrogen-bond donors (Lipinski definition) is 1. The number of pyridine rings is 1. The number of hydrogen-bond acceptors (Lipinski definition) is 4. The minimum Gasteiger partial charge on any atom is -0.497 e. The van der Waals surface area contributed by atoms with E-state index in [0.717, 1.165) is 17.0 Å². The van der Waals surface area contributed by atoms with Gasteiger partial charge in [-0.2, -0.15) is 0 Å². The summed E-state index contributed by atoms with van der Waals surface area (Å²) in [6, 6.07) is 13.3. The lowest BCUT2D eigenvalue weighted by atomic mass is 9.95. The van der Waals surface area contributed by atoms with Gasteiger partial charge in [0.05, 0.1) is 12.9 Å². The van der Waals surface area contributed by atoms with Crippen molar-refractivity contribution in [1.29, 1.82) is 0 Å². The molecule has 0 aliphatic carbocycles. The number of benzene rings is 1. The highest BCUT2D eigenvalue weighted by atomic mass is 32.2. The average Bonchev–Trinajstić information content (AvgIpc) is 2.56. The number of sulfonamides is 1. The molecule has 1 aromatic heterocycles. The molecule has 0 fully saturated rings. The van der Waals surface area contributed by atoms with Crippen LogP contribution in [-0.2, 0) is 10.0 Å². The Morgan fingerprint density at radius 2 is 1.91 bits per heavy atom. The first kappa shape index (κ1) is 17.4. The highest BCUT2D eigenvalue weighted by Gasteiger charge is 2.18. The molecule has 124 valence electrons. The lowest BCUT2D eigenvalue weighted by molar-refractivity contribution is 0.414. The molecule has 0 spiro atoms. The first-order valence-electron chi connectivity index (χ1n) is 7.58. The summed E-state index contributed by atoms with van der Waals surface area (Å²) in [4.78, 5) is 4.38. The third-order valence-corrected chi connectivity index (χ3v) is 5.10. The Kier molecular flexibility index (Phi) is 6.12. The van der Waals surface area contributed by atoms with E-state index in [1.54, 1.807) is 13.3 Å². The predicted molar refractivity (Wildman–Crippen MR) is 91.2 cm³/mol. The molecule has 0 saturated carbocycles. The van der Waals surface area contributed by atoms with Crippen LogP contribution >= 0.6 is 0 Å². The zero-order valence-corrected chi connectivity index (χ0v) is 14.2. The van der Waals surface area contributed by atoms with E-state index in [9.17, 15) is 8.42 Å². The van der Waals surface area contributed by atoms with E-state index in [2.05, 4.69) is 9.71 Å². The Hall–Kier alpha value is -1.92. The predicted octanol–water partition coefficient (Wildman–Crippen LogP) is 2.55. The van der Waals surface area contributed by atoms with Crippen LogP contribution in [0.4, 0.5) is 0 Å². The molecule has 1 N–H and O–H groups in total. The van der Waals surface area contributed by atoms with Gasteiger partial charge in [-0.05, 0) is 36.2 Å². The van der Waals surface area contributed by atoms with Crippen LogP contribution < -0.4 is 9.46 Å². The Bertz CT molecular complexity index is 700. The Morgan fingerprint density at radius 3 is 2.48 bits per heavy atom. The second-order valence-corrected chi connectivity index (χ2v) is 7.17. The maximum Gasteiger partial charge on any atom is 0.211 e. The zero-order chi connectivity index (χ0) is 16.7. The van der Waals surface area contributed by atoms with E-state index in [-0.39, 0.29) is 18.2 Å². The third kappa shape index (κ3) is 5.04. The van der Waals surface area contributed by atoms with E-state index >= 15 is 0 Å². The number of aromatic nitrogens is 1. The van der Waals surface area contributed by atoms with Gasteiger partial charge in [0.25, 0.3) is 0 Å².